The van der Waals surface area contributed by atoms with Crippen LogP contribution < -0.4 is 10.6 Å². The van der Waals surface area contributed by atoms with Crippen LogP contribution >= 0.6 is 12.2 Å². The normalized spacial score (nSPS) is 16.6. The Labute approximate surface area is 102 Å². The van der Waals surface area contributed by atoms with E-state index in [4.69, 9.17) is 12.2 Å². The Morgan fingerprint density at radius 3 is 2.69 bits per heavy atom. The molecular weight excluding hydrogens is 216 g/mol. The molecule has 0 aromatic heterocycles. The molecule has 0 radical (unpaired) electrons. The molecule has 0 bridgehead atoms. The summed E-state index contributed by atoms with van der Waals surface area (Å²) in [6.07, 6.45) is 2.69. The first kappa shape index (κ1) is 11.4. The third-order valence-corrected chi connectivity index (χ3v) is 3.25. The van der Waals surface area contributed by atoms with Crippen molar-refractivity contribution >= 4 is 17.3 Å². The van der Waals surface area contributed by atoms with Gasteiger partial charge in [-0.05, 0) is 43.5 Å². The van der Waals surface area contributed by atoms with Crippen LogP contribution in [-0.4, -0.2) is 11.2 Å². The molecule has 0 saturated heterocycles. The highest BCUT2D eigenvalue weighted by Crippen LogP contribution is 2.32. The summed E-state index contributed by atoms with van der Waals surface area (Å²) in [4.78, 5) is 0. The summed E-state index contributed by atoms with van der Waals surface area (Å²) in [5.74, 6) is 0.830. The fourth-order valence-corrected chi connectivity index (χ4v) is 2.01. The van der Waals surface area contributed by atoms with Gasteiger partial charge in [0, 0.05) is 12.6 Å². The summed E-state index contributed by atoms with van der Waals surface area (Å²) in [5, 5.41) is 7.33. The molecule has 1 saturated carbocycles. The molecule has 2 rings (SSSR count). The van der Waals surface area contributed by atoms with E-state index in [2.05, 4.69) is 29.7 Å². The van der Waals surface area contributed by atoms with Crippen molar-refractivity contribution < 1.29 is 0 Å². The van der Waals surface area contributed by atoms with E-state index in [1.807, 2.05) is 18.2 Å². The largest absolute Gasteiger partial charge is 0.360 e. The van der Waals surface area contributed by atoms with Crippen LogP contribution in [0.1, 0.15) is 25.3 Å². The number of thiocarbonyl (C=S) groups is 1. The van der Waals surface area contributed by atoms with Gasteiger partial charge < -0.3 is 10.6 Å². The molecule has 1 fully saturated rings. The van der Waals surface area contributed by atoms with E-state index < -0.39 is 0 Å². The first-order valence-electron chi connectivity index (χ1n) is 5.84. The molecule has 2 nitrogen and oxygen atoms in total. The van der Waals surface area contributed by atoms with Crippen LogP contribution in [0.15, 0.2) is 30.3 Å². The number of rotatable bonds is 4. The van der Waals surface area contributed by atoms with E-state index in [1.165, 1.54) is 18.4 Å². The second kappa shape index (κ2) is 5.30. The van der Waals surface area contributed by atoms with Crippen molar-refractivity contribution in [1.29, 1.82) is 0 Å². The van der Waals surface area contributed by atoms with E-state index >= 15 is 0 Å². The molecule has 0 aliphatic heterocycles. The number of benzene rings is 1. The van der Waals surface area contributed by atoms with Gasteiger partial charge in [-0.3, -0.25) is 0 Å². The molecule has 1 atom stereocenters. The number of nitrogens with one attached hydrogen (secondary N) is 2. The van der Waals surface area contributed by atoms with Crippen LogP contribution in [0.25, 0.3) is 0 Å². The average Bonchev–Trinajstić information content (AvgIpc) is 3.11. The van der Waals surface area contributed by atoms with Crippen LogP contribution in [0.5, 0.6) is 0 Å². The van der Waals surface area contributed by atoms with Crippen molar-refractivity contribution in [2.75, 3.05) is 0 Å². The maximum Gasteiger partial charge on any atom is 0.166 e. The van der Waals surface area contributed by atoms with Gasteiger partial charge in [-0.15, -0.1) is 0 Å². The average molecular weight is 234 g/mol. The third kappa shape index (κ3) is 3.49. The predicted octanol–water partition coefficient (Wildman–Crippen LogP) is 2.45. The standard InChI is InChI=1S/C13H18N2S/c1-10(12-7-8-12)15-13(16)14-9-11-5-3-2-4-6-11/h2-6,10,12H,7-9H2,1H3,(H2,14,15,16)/t10-/m1/s1. The molecule has 1 aromatic rings. The van der Waals surface area contributed by atoms with Gasteiger partial charge in [0.2, 0.25) is 0 Å². The highest BCUT2D eigenvalue weighted by atomic mass is 32.1. The van der Waals surface area contributed by atoms with Gasteiger partial charge in [0.15, 0.2) is 5.11 Å². The van der Waals surface area contributed by atoms with Crippen molar-refractivity contribution in [2.24, 2.45) is 5.92 Å². The highest BCUT2D eigenvalue weighted by Gasteiger charge is 2.28. The lowest BCUT2D eigenvalue weighted by Crippen LogP contribution is -2.41. The first-order valence-corrected chi connectivity index (χ1v) is 6.25. The molecule has 2 N–H and O–H groups in total. The predicted molar refractivity (Wildman–Crippen MR) is 71.2 cm³/mol. The Kier molecular flexibility index (Phi) is 3.78. The lowest BCUT2D eigenvalue weighted by molar-refractivity contribution is 0.581. The van der Waals surface area contributed by atoms with Crippen molar-refractivity contribution in [1.82, 2.24) is 10.6 Å². The van der Waals surface area contributed by atoms with Crippen LogP contribution in [0.3, 0.4) is 0 Å². The second-order valence-electron chi connectivity index (χ2n) is 4.44. The van der Waals surface area contributed by atoms with Gasteiger partial charge in [-0.1, -0.05) is 30.3 Å². The summed E-state index contributed by atoms with van der Waals surface area (Å²) in [6.45, 7) is 3.00. The SMILES string of the molecule is C[C@@H](NC(=S)NCc1ccccc1)C1CC1. The zero-order chi connectivity index (χ0) is 11.4. The summed E-state index contributed by atoms with van der Waals surface area (Å²) >= 11 is 5.25. The Balaban J connectivity index is 1.71. The molecule has 0 amide bonds. The lowest BCUT2D eigenvalue weighted by atomic mass is 10.2. The van der Waals surface area contributed by atoms with E-state index in [-0.39, 0.29) is 0 Å². The molecule has 1 aromatic carbocycles. The van der Waals surface area contributed by atoms with Crippen LogP contribution in [-0.2, 0) is 6.54 Å². The lowest BCUT2D eigenvalue weighted by Gasteiger charge is -2.16. The van der Waals surface area contributed by atoms with E-state index in [0.29, 0.717) is 6.04 Å². The molecule has 0 spiro atoms. The minimum absolute atomic E-state index is 0.510. The summed E-state index contributed by atoms with van der Waals surface area (Å²) in [5.41, 5.74) is 1.26. The molecular formula is C13H18N2S. The molecule has 86 valence electrons. The molecule has 3 heteroatoms. The van der Waals surface area contributed by atoms with Crippen LogP contribution in [0.2, 0.25) is 0 Å². The Hall–Kier alpha value is -1.09. The zero-order valence-electron chi connectivity index (χ0n) is 9.57. The quantitative estimate of drug-likeness (QED) is 0.783. The topological polar surface area (TPSA) is 24.1 Å². The Bertz CT molecular complexity index is 346. The van der Waals surface area contributed by atoms with Gasteiger partial charge in [0.25, 0.3) is 0 Å². The minimum atomic E-state index is 0.510. The van der Waals surface area contributed by atoms with Crippen LogP contribution in [0.4, 0.5) is 0 Å². The zero-order valence-corrected chi connectivity index (χ0v) is 10.4. The summed E-state index contributed by atoms with van der Waals surface area (Å²) in [6, 6.07) is 10.8. The summed E-state index contributed by atoms with van der Waals surface area (Å²) in [7, 11) is 0. The van der Waals surface area contributed by atoms with Crippen molar-refractivity contribution in [3.8, 4) is 0 Å². The fraction of sp³-hybridized carbons (Fsp3) is 0.462. The van der Waals surface area contributed by atoms with Gasteiger partial charge in [-0.25, -0.2) is 0 Å². The van der Waals surface area contributed by atoms with Gasteiger partial charge in [-0.2, -0.15) is 0 Å². The Morgan fingerprint density at radius 2 is 2.06 bits per heavy atom. The fourth-order valence-electron chi connectivity index (χ4n) is 1.75. The van der Waals surface area contributed by atoms with Gasteiger partial charge >= 0.3 is 0 Å². The summed E-state index contributed by atoms with van der Waals surface area (Å²) < 4.78 is 0. The van der Waals surface area contributed by atoms with E-state index in [1.54, 1.807) is 0 Å². The minimum Gasteiger partial charge on any atom is -0.360 e. The molecule has 16 heavy (non-hydrogen) atoms. The molecule has 0 heterocycles. The molecule has 1 aliphatic rings. The Morgan fingerprint density at radius 1 is 1.38 bits per heavy atom. The molecule has 0 unspecified atom stereocenters. The smallest absolute Gasteiger partial charge is 0.166 e. The molecule has 1 aliphatic carbocycles. The van der Waals surface area contributed by atoms with Crippen LogP contribution in [0, 0.1) is 5.92 Å². The van der Waals surface area contributed by atoms with Gasteiger partial charge in [0.05, 0.1) is 0 Å². The number of hydrogen-bond acceptors (Lipinski definition) is 1. The number of hydrogen-bond donors (Lipinski definition) is 2. The second-order valence-corrected chi connectivity index (χ2v) is 4.85. The van der Waals surface area contributed by atoms with Crippen molar-refractivity contribution in [2.45, 2.75) is 32.4 Å². The maximum absolute atomic E-state index is 5.25. The first-order chi connectivity index (χ1) is 7.75. The van der Waals surface area contributed by atoms with E-state index in [0.717, 1.165) is 17.6 Å². The maximum atomic E-state index is 5.25. The monoisotopic (exact) mass is 234 g/mol. The third-order valence-electron chi connectivity index (χ3n) is 2.98. The van der Waals surface area contributed by atoms with Crippen molar-refractivity contribution in [3.05, 3.63) is 35.9 Å². The highest BCUT2D eigenvalue weighted by molar-refractivity contribution is 7.80. The van der Waals surface area contributed by atoms with E-state index in [9.17, 15) is 0 Å². The van der Waals surface area contributed by atoms with Crippen molar-refractivity contribution in [3.63, 3.8) is 0 Å². The van der Waals surface area contributed by atoms with Gasteiger partial charge in [0.1, 0.15) is 0 Å².